The van der Waals surface area contributed by atoms with E-state index in [4.69, 9.17) is 9.47 Å². The number of esters is 1. The van der Waals surface area contributed by atoms with Gasteiger partial charge in [0.15, 0.2) is 0 Å². The molecule has 0 spiro atoms. The molecule has 4 nitrogen and oxygen atoms in total. The van der Waals surface area contributed by atoms with Crippen molar-refractivity contribution in [3.8, 4) is 0 Å². The first-order chi connectivity index (χ1) is 6.60. The molecular formula is C10H21NO3. The first-order valence-electron chi connectivity index (χ1n) is 5.02. The summed E-state index contributed by atoms with van der Waals surface area (Å²) in [5.41, 5.74) is -0.721. The van der Waals surface area contributed by atoms with Crippen LogP contribution in [0, 0.1) is 0 Å². The van der Waals surface area contributed by atoms with Gasteiger partial charge in [-0.1, -0.05) is 6.92 Å². The molecule has 0 saturated carbocycles. The number of methoxy groups -OCH3 is 1. The second kappa shape index (κ2) is 6.79. The molecule has 0 aromatic heterocycles. The molecule has 0 saturated heterocycles. The summed E-state index contributed by atoms with van der Waals surface area (Å²) < 4.78 is 9.98. The molecule has 0 radical (unpaired) electrons. The fraction of sp³-hybridized carbons (Fsp3) is 0.900. The number of carbonyl (C=O) groups is 1. The van der Waals surface area contributed by atoms with Gasteiger partial charge >= 0.3 is 5.97 Å². The average molecular weight is 203 g/mol. The van der Waals surface area contributed by atoms with Gasteiger partial charge in [-0.2, -0.15) is 0 Å². The molecule has 84 valence electrons. The topological polar surface area (TPSA) is 47.6 Å². The highest BCUT2D eigenvalue weighted by atomic mass is 16.5. The Bertz CT molecular complexity index is 163. The van der Waals surface area contributed by atoms with Crippen molar-refractivity contribution in [2.45, 2.75) is 32.7 Å². The number of rotatable bonds is 7. The number of hydrogen-bond donors (Lipinski definition) is 1. The monoisotopic (exact) mass is 203 g/mol. The zero-order chi connectivity index (χ0) is 11.0. The predicted octanol–water partition coefficient (Wildman–Crippen LogP) is 0.954. The summed E-state index contributed by atoms with van der Waals surface area (Å²) in [5, 5.41) is 3.13. The zero-order valence-corrected chi connectivity index (χ0v) is 9.55. The van der Waals surface area contributed by atoms with Gasteiger partial charge in [-0.05, 0) is 26.8 Å². The second-order valence-electron chi connectivity index (χ2n) is 3.39. The van der Waals surface area contributed by atoms with Gasteiger partial charge in [0, 0.05) is 6.61 Å². The molecule has 0 aliphatic heterocycles. The Morgan fingerprint density at radius 3 is 2.50 bits per heavy atom. The summed E-state index contributed by atoms with van der Waals surface area (Å²) in [4.78, 5) is 11.5. The van der Waals surface area contributed by atoms with Crippen LogP contribution in [-0.4, -0.2) is 38.4 Å². The van der Waals surface area contributed by atoms with Crippen LogP contribution < -0.4 is 5.32 Å². The van der Waals surface area contributed by atoms with E-state index in [9.17, 15) is 4.79 Å². The van der Waals surface area contributed by atoms with E-state index in [2.05, 4.69) is 5.32 Å². The molecule has 1 unspecified atom stereocenters. The standard InChI is InChI=1S/C10H21NO3/c1-5-7-11-10(3,8-14-6-2)9(12)13-4/h11H,5-8H2,1-4H3. The van der Waals surface area contributed by atoms with Crippen LogP contribution >= 0.6 is 0 Å². The minimum absolute atomic E-state index is 0.278. The Kier molecular flexibility index (Phi) is 6.49. The quantitative estimate of drug-likeness (QED) is 0.626. The third kappa shape index (κ3) is 4.07. The molecule has 1 atom stereocenters. The first kappa shape index (κ1) is 13.4. The van der Waals surface area contributed by atoms with E-state index in [1.54, 1.807) is 6.92 Å². The Labute approximate surface area is 86.0 Å². The van der Waals surface area contributed by atoms with Crippen LogP contribution in [-0.2, 0) is 14.3 Å². The fourth-order valence-corrected chi connectivity index (χ4v) is 1.11. The van der Waals surface area contributed by atoms with Crippen LogP contribution in [0.3, 0.4) is 0 Å². The van der Waals surface area contributed by atoms with Gasteiger partial charge in [-0.25, -0.2) is 4.79 Å². The minimum Gasteiger partial charge on any atom is -0.468 e. The van der Waals surface area contributed by atoms with Gasteiger partial charge < -0.3 is 14.8 Å². The van der Waals surface area contributed by atoms with Crippen LogP contribution in [0.2, 0.25) is 0 Å². The van der Waals surface area contributed by atoms with E-state index in [0.717, 1.165) is 13.0 Å². The van der Waals surface area contributed by atoms with Crippen molar-refractivity contribution >= 4 is 5.97 Å². The van der Waals surface area contributed by atoms with Crippen molar-refractivity contribution in [3.63, 3.8) is 0 Å². The van der Waals surface area contributed by atoms with Gasteiger partial charge in [-0.3, -0.25) is 0 Å². The Hall–Kier alpha value is -0.610. The van der Waals surface area contributed by atoms with Crippen molar-refractivity contribution in [1.82, 2.24) is 5.32 Å². The predicted molar refractivity (Wildman–Crippen MR) is 55.2 cm³/mol. The molecule has 14 heavy (non-hydrogen) atoms. The smallest absolute Gasteiger partial charge is 0.328 e. The molecule has 0 heterocycles. The summed E-state index contributed by atoms with van der Waals surface area (Å²) in [6, 6.07) is 0. The van der Waals surface area contributed by atoms with Crippen LogP contribution in [0.15, 0.2) is 0 Å². The largest absolute Gasteiger partial charge is 0.468 e. The third-order valence-corrected chi connectivity index (χ3v) is 2.00. The molecule has 0 aliphatic carbocycles. The van der Waals surface area contributed by atoms with E-state index >= 15 is 0 Å². The number of carbonyl (C=O) groups excluding carboxylic acids is 1. The lowest BCUT2D eigenvalue weighted by molar-refractivity contribution is -0.150. The average Bonchev–Trinajstić information content (AvgIpc) is 2.22. The number of ether oxygens (including phenoxy) is 2. The maximum absolute atomic E-state index is 11.5. The molecule has 0 aromatic rings. The molecule has 0 amide bonds. The van der Waals surface area contributed by atoms with Crippen LogP contribution in [0.1, 0.15) is 27.2 Å². The summed E-state index contributed by atoms with van der Waals surface area (Å²) in [5.74, 6) is -0.278. The Balaban J connectivity index is 4.24. The van der Waals surface area contributed by atoms with Gasteiger partial charge in [0.25, 0.3) is 0 Å². The first-order valence-corrected chi connectivity index (χ1v) is 5.02. The molecular weight excluding hydrogens is 182 g/mol. The summed E-state index contributed by atoms with van der Waals surface area (Å²) in [6.45, 7) is 7.46. The highest BCUT2D eigenvalue weighted by molar-refractivity contribution is 5.80. The number of nitrogens with one attached hydrogen (secondary N) is 1. The van der Waals surface area contributed by atoms with Gasteiger partial charge in [0.05, 0.1) is 13.7 Å². The van der Waals surface area contributed by atoms with E-state index in [0.29, 0.717) is 13.2 Å². The molecule has 0 bridgehead atoms. The van der Waals surface area contributed by atoms with Gasteiger partial charge in [0.2, 0.25) is 0 Å². The van der Waals surface area contributed by atoms with Gasteiger partial charge in [0.1, 0.15) is 5.54 Å². The van der Waals surface area contributed by atoms with Crippen molar-refractivity contribution < 1.29 is 14.3 Å². The van der Waals surface area contributed by atoms with Crippen molar-refractivity contribution in [1.29, 1.82) is 0 Å². The maximum Gasteiger partial charge on any atom is 0.328 e. The summed E-state index contributed by atoms with van der Waals surface area (Å²) >= 11 is 0. The van der Waals surface area contributed by atoms with E-state index < -0.39 is 5.54 Å². The van der Waals surface area contributed by atoms with Crippen LogP contribution in [0.4, 0.5) is 0 Å². The Morgan fingerprint density at radius 2 is 2.07 bits per heavy atom. The maximum atomic E-state index is 11.5. The highest BCUT2D eigenvalue weighted by Gasteiger charge is 2.33. The molecule has 0 fully saturated rings. The lowest BCUT2D eigenvalue weighted by Gasteiger charge is -2.27. The highest BCUT2D eigenvalue weighted by Crippen LogP contribution is 2.07. The third-order valence-electron chi connectivity index (χ3n) is 2.00. The van der Waals surface area contributed by atoms with Crippen LogP contribution in [0.25, 0.3) is 0 Å². The van der Waals surface area contributed by atoms with E-state index in [-0.39, 0.29) is 5.97 Å². The fourth-order valence-electron chi connectivity index (χ4n) is 1.11. The van der Waals surface area contributed by atoms with Crippen LogP contribution in [0.5, 0.6) is 0 Å². The normalized spacial score (nSPS) is 14.9. The van der Waals surface area contributed by atoms with Crippen molar-refractivity contribution in [3.05, 3.63) is 0 Å². The molecule has 0 aliphatic rings. The van der Waals surface area contributed by atoms with Crippen molar-refractivity contribution in [2.24, 2.45) is 0 Å². The lowest BCUT2D eigenvalue weighted by atomic mass is 10.0. The van der Waals surface area contributed by atoms with Gasteiger partial charge in [-0.15, -0.1) is 0 Å². The summed E-state index contributed by atoms with van der Waals surface area (Å²) in [6.07, 6.45) is 0.971. The lowest BCUT2D eigenvalue weighted by Crippen LogP contribution is -2.54. The van der Waals surface area contributed by atoms with Crippen molar-refractivity contribution in [2.75, 3.05) is 26.9 Å². The SMILES string of the molecule is CCCNC(C)(COCC)C(=O)OC. The Morgan fingerprint density at radius 1 is 1.43 bits per heavy atom. The summed E-state index contributed by atoms with van der Waals surface area (Å²) in [7, 11) is 1.39. The minimum atomic E-state index is -0.721. The van der Waals surface area contributed by atoms with E-state index in [1.807, 2.05) is 13.8 Å². The number of hydrogen-bond acceptors (Lipinski definition) is 4. The molecule has 0 aromatic carbocycles. The molecule has 0 rings (SSSR count). The molecule has 4 heteroatoms. The second-order valence-corrected chi connectivity index (χ2v) is 3.39. The van der Waals surface area contributed by atoms with E-state index in [1.165, 1.54) is 7.11 Å². The zero-order valence-electron chi connectivity index (χ0n) is 9.55. The molecule has 1 N–H and O–H groups in total.